The number of hydrogen-bond donors (Lipinski definition) is 0. The summed E-state index contributed by atoms with van der Waals surface area (Å²) < 4.78 is 6.08. The zero-order valence-corrected chi connectivity index (χ0v) is 14.2. The van der Waals surface area contributed by atoms with E-state index < -0.39 is 0 Å². The maximum atomic E-state index is 6.08. The molecule has 0 bridgehead atoms. The van der Waals surface area contributed by atoms with Crippen LogP contribution in [0.25, 0.3) is 0 Å². The minimum atomic E-state index is 0.354. The fraction of sp³-hybridized carbons (Fsp3) is 0.227. The summed E-state index contributed by atoms with van der Waals surface area (Å²) in [5.41, 5.74) is 2.53. The van der Waals surface area contributed by atoms with Gasteiger partial charge in [0.2, 0.25) is 5.88 Å². The van der Waals surface area contributed by atoms with E-state index in [1.165, 1.54) is 17.5 Å². The van der Waals surface area contributed by atoms with Crippen molar-refractivity contribution in [2.45, 2.75) is 25.4 Å². The molecule has 1 fully saturated rings. The first-order valence-electron chi connectivity index (χ1n) is 8.86. The highest BCUT2D eigenvalue weighted by Crippen LogP contribution is 2.38. The van der Waals surface area contributed by atoms with Crippen LogP contribution in [0.2, 0.25) is 0 Å². The molecule has 3 aromatic rings. The Kier molecular flexibility index (Phi) is 4.75. The van der Waals surface area contributed by atoms with Crippen molar-refractivity contribution < 1.29 is 4.74 Å². The van der Waals surface area contributed by atoms with E-state index in [0.717, 1.165) is 31.1 Å². The van der Waals surface area contributed by atoms with E-state index in [-0.39, 0.29) is 0 Å². The monoisotopic (exact) mass is 330 g/mol. The highest BCUT2D eigenvalue weighted by Gasteiger charge is 2.28. The van der Waals surface area contributed by atoms with Crippen molar-refractivity contribution in [3.05, 3.63) is 90.1 Å². The van der Waals surface area contributed by atoms with Gasteiger partial charge in [0.1, 0.15) is 5.75 Å². The van der Waals surface area contributed by atoms with Crippen molar-refractivity contribution in [1.82, 2.24) is 9.88 Å². The highest BCUT2D eigenvalue weighted by molar-refractivity contribution is 5.35. The summed E-state index contributed by atoms with van der Waals surface area (Å²) in [5, 5.41) is 0. The first-order valence-corrected chi connectivity index (χ1v) is 8.86. The molecule has 0 saturated carbocycles. The quantitative estimate of drug-likeness (QED) is 0.642. The molecule has 3 heteroatoms. The molecule has 0 spiro atoms. The van der Waals surface area contributed by atoms with Crippen LogP contribution in [0.4, 0.5) is 0 Å². The van der Waals surface area contributed by atoms with E-state index in [1.54, 1.807) is 6.20 Å². The molecule has 1 unspecified atom stereocenters. The Labute approximate surface area is 148 Å². The van der Waals surface area contributed by atoms with Gasteiger partial charge in [-0.05, 0) is 43.1 Å². The van der Waals surface area contributed by atoms with Gasteiger partial charge in [0.15, 0.2) is 0 Å². The Morgan fingerprint density at radius 3 is 2.48 bits per heavy atom. The molecule has 2 heterocycles. The van der Waals surface area contributed by atoms with Gasteiger partial charge in [-0.25, -0.2) is 4.98 Å². The summed E-state index contributed by atoms with van der Waals surface area (Å²) in [6.07, 6.45) is 4.15. The van der Waals surface area contributed by atoms with Crippen molar-refractivity contribution in [3.8, 4) is 11.6 Å². The fourth-order valence-corrected chi connectivity index (χ4v) is 3.53. The fourth-order valence-electron chi connectivity index (χ4n) is 3.53. The van der Waals surface area contributed by atoms with Crippen LogP contribution in [0, 0.1) is 0 Å². The Bertz CT molecular complexity index is 805. The predicted octanol–water partition coefficient (Wildman–Crippen LogP) is 5.21. The Balaban J connectivity index is 1.58. The van der Waals surface area contributed by atoms with Gasteiger partial charge >= 0.3 is 0 Å². The van der Waals surface area contributed by atoms with E-state index in [1.807, 2.05) is 36.4 Å². The topological polar surface area (TPSA) is 25.4 Å². The molecule has 4 rings (SSSR count). The molecular formula is C22H22N2O. The number of nitrogens with zero attached hydrogens (tertiary/aromatic N) is 2. The van der Waals surface area contributed by atoms with Crippen LogP contribution < -0.4 is 4.74 Å². The maximum Gasteiger partial charge on any atom is 0.223 e. The SMILES string of the molecule is c1ccc(CN2CCCC2c2cccnc2Oc2ccccc2)cc1. The highest BCUT2D eigenvalue weighted by atomic mass is 16.5. The summed E-state index contributed by atoms with van der Waals surface area (Å²) >= 11 is 0. The summed E-state index contributed by atoms with van der Waals surface area (Å²) in [7, 11) is 0. The third kappa shape index (κ3) is 3.72. The summed E-state index contributed by atoms with van der Waals surface area (Å²) in [5.74, 6) is 1.55. The van der Waals surface area contributed by atoms with E-state index in [0.29, 0.717) is 6.04 Å². The molecular weight excluding hydrogens is 308 g/mol. The van der Waals surface area contributed by atoms with Gasteiger partial charge in [-0.3, -0.25) is 4.90 Å². The van der Waals surface area contributed by atoms with Gasteiger partial charge in [0, 0.05) is 24.3 Å². The zero-order chi connectivity index (χ0) is 16.9. The van der Waals surface area contributed by atoms with Gasteiger partial charge in [-0.2, -0.15) is 0 Å². The lowest BCUT2D eigenvalue weighted by Crippen LogP contribution is -2.23. The smallest absolute Gasteiger partial charge is 0.223 e. The molecule has 1 aliphatic rings. The Hall–Kier alpha value is -2.65. The van der Waals surface area contributed by atoms with Gasteiger partial charge in [-0.15, -0.1) is 0 Å². The molecule has 126 valence electrons. The van der Waals surface area contributed by atoms with Crippen LogP contribution in [0.5, 0.6) is 11.6 Å². The lowest BCUT2D eigenvalue weighted by Gasteiger charge is -2.26. The van der Waals surface area contributed by atoms with Crippen LogP contribution in [-0.2, 0) is 6.54 Å². The number of benzene rings is 2. The van der Waals surface area contributed by atoms with Crippen molar-refractivity contribution in [2.24, 2.45) is 0 Å². The van der Waals surface area contributed by atoms with Crippen molar-refractivity contribution in [3.63, 3.8) is 0 Å². The number of rotatable bonds is 5. The molecule has 1 atom stereocenters. The summed E-state index contributed by atoms with van der Waals surface area (Å²) in [6, 6.07) is 25.1. The summed E-state index contributed by atoms with van der Waals surface area (Å²) in [6.45, 7) is 2.07. The maximum absolute atomic E-state index is 6.08. The second kappa shape index (κ2) is 7.49. The average Bonchev–Trinajstić information content (AvgIpc) is 3.12. The Morgan fingerprint density at radius 1 is 0.920 bits per heavy atom. The third-order valence-corrected chi connectivity index (χ3v) is 4.71. The minimum Gasteiger partial charge on any atom is -0.439 e. The van der Waals surface area contributed by atoms with Crippen molar-refractivity contribution >= 4 is 0 Å². The molecule has 2 aromatic carbocycles. The van der Waals surface area contributed by atoms with Crippen LogP contribution in [0.1, 0.15) is 30.0 Å². The number of likely N-dealkylation sites (tertiary alicyclic amines) is 1. The number of aromatic nitrogens is 1. The molecule has 0 amide bonds. The molecule has 3 nitrogen and oxygen atoms in total. The molecule has 0 radical (unpaired) electrons. The lowest BCUT2D eigenvalue weighted by molar-refractivity contribution is 0.243. The van der Waals surface area contributed by atoms with Crippen LogP contribution in [0.15, 0.2) is 79.0 Å². The number of ether oxygens (including phenoxy) is 1. The average molecular weight is 330 g/mol. The minimum absolute atomic E-state index is 0.354. The molecule has 1 saturated heterocycles. The van der Waals surface area contributed by atoms with E-state index in [9.17, 15) is 0 Å². The van der Waals surface area contributed by atoms with Crippen LogP contribution in [-0.4, -0.2) is 16.4 Å². The normalized spacial score (nSPS) is 17.5. The second-order valence-electron chi connectivity index (χ2n) is 6.43. The Morgan fingerprint density at radius 2 is 1.68 bits per heavy atom. The van der Waals surface area contributed by atoms with Gasteiger partial charge in [-0.1, -0.05) is 54.6 Å². The lowest BCUT2D eigenvalue weighted by atomic mass is 10.1. The largest absolute Gasteiger partial charge is 0.439 e. The van der Waals surface area contributed by atoms with Gasteiger partial charge in [0.05, 0.1) is 0 Å². The van der Waals surface area contributed by atoms with Crippen molar-refractivity contribution in [1.29, 1.82) is 0 Å². The van der Waals surface area contributed by atoms with E-state index in [4.69, 9.17) is 4.74 Å². The van der Waals surface area contributed by atoms with Crippen LogP contribution in [0.3, 0.4) is 0 Å². The predicted molar refractivity (Wildman–Crippen MR) is 99.6 cm³/mol. The molecule has 0 N–H and O–H groups in total. The molecule has 1 aromatic heterocycles. The molecule has 0 aliphatic carbocycles. The van der Waals surface area contributed by atoms with E-state index >= 15 is 0 Å². The summed E-state index contributed by atoms with van der Waals surface area (Å²) in [4.78, 5) is 7.04. The second-order valence-corrected chi connectivity index (χ2v) is 6.43. The van der Waals surface area contributed by atoms with Crippen LogP contribution >= 0.6 is 0 Å². The van der Waals surface area contributed by atoms with E-state index in [2.05, 4.69) is 46.3 Å². The number of para-hydroxylation sites is 1. The standard InChI is InChI=1S/C22H22N2O/c1-3-9-18(10-4-1)17-24-16-8-14-21(24)20-13-7-15-23-22(20)25-19-11-5-2-6-12-19/h1-7,9-13,15,21H,8,14,16-17H2. The van der Waals surface area contributed by atoms with Gasteiger partial charge < -0.3 is 4.74 Å². The molecule has 25 heavy (non-hydrogen) atoms. The van der Waals surface area contributed by atoms with Crippen molar-refractivity contribution in [2.75, 3.05) is 6.54 Å². The third-order valence-electron chi connectivity index (χ3n) is 4.71. The molecule has 1 aliphatic heterocycles. The first kappa shape index (κ1) is 15.9. The first-order chi connectivity index (χ1) is 12.4. The zero-order valence-electron chi connectivity index (χ0n) is 14.2. The number of pyridine rings is 1. The van der Waals surface area contributed by atoms with Gasteiger partial charge in [0.25, 0.3) is 0 Å². The number of hydrogen-bond acceptors (Lipinski definition) is 3.